The van der Waals surface area contributed by atoms with Crippen molar-refractivity contribution in [1.82, 2.24) is 9.38 Å². The molecule has 3 nitrogen and oxygen atoms in total. The molecule has 1 atom stereocenters. The van der Waals surface area contributed by atoms with Gasteiger partial charge in [0.15, 0.2) is 5.15 Å². The van der Waals surface area contributed by atoms with Crippen molar-refractivity contribution in [2.24, 2.45) is 5.73 Å². The monoisotopic (exact) mass is 209 g/mol. The van der Waals surface area contributed by atoms with E-state index >= 15 is 0 Å². The Morgan fingerprint density at radius 1 is 1.57 bits per heavy atom. The van der Waals surface area contributed by atoms with E-state index in [9.17, 15) is 0 Å². The lowest BCUT2D eigenvalue weighted by atomic mass is 10.1. The predicted molar refractivity (Wildman–Crippen MR) is 57.6 cm³/mol. The molecule has 74 valence electrons. The first kappa shape index (κ1) is 9.49. The van der Waals surface area contributed by atoms with Crippen LogP contribution in [0.25, 0.3) is 5.52 Å². The summed E-state index contributed by atoms with van der Waals surface area (Å²) in [5, 5.41) is 0.539. The molecule has 2 aromatic heterocycles. The van der Waals surface area contributed by atoms with Gasteiger partial charge in [0.1, 0.15) is 6.33 Å². The van der Waals surface area contributed by atoms with Gasteiger partial charge in [-0.05, 0) is 25.0 Å². The Morgan fingerprint density at radius 2 is 2.36 bits per heavy atom. The van der Waals surface area contributed by atoms with Gasteiger partial charge in [-0.3, -0.25) is 0 Å². The minimum Gasteiger partial charge on any atom is -0.328 e. The largest absolute Gasteiger partial charge is 0.328 e. The Hall–Kier alpha value is -1.06. The Labute approximate surface area is 87.5 Å². The maximum absolute atomic E-state index is 5.87. The second-order valence-electron chi connectivity index (χ2n) is 3.55. The van der Waals surface area contributed by atoms with Crippen LogP contribution in [0.3, 0.4) is 0 Å². The van der Waals surface area contributed by atoms with Gasteiger partial charge in [-0.2, -0.15) is 0 Å². The molecule has 14 heavy (non-hydrogen) atoms. The molecule has 4 heteroatoms. The first-order valence-corrected chi connectivity index (χ1v) is 4.91. The van der Waals surface area contributed by atoms with Crippen molar-refractivity contribution in [3.63, 3.8) is 0 Å². The molecule has 2 heterocycles. The molecule has 0 bridgehead atoms. The summed E-state index contributed by atoms with van der Waals surface area (Å²) in [6.07, 6.45) is 4.59. The van der Waals surface area contributed by atoms with Crippen molar-refractivity contribution in [3.8, 4) is 0 Å². The zero-order valence-corrected chi connectivity index (χ0v) is 8.70. The summed E-state index contributed by atoms with van der Waals surface area (Å²) in [5.41, 5.74) is 7.85. The molecule has 0 spiro atoms. The smallest absolute Gasteiger partial charge is 0.154 e. The predicted octanol–water partition coefficient (Wildman–Crippen LogP) is 1.88. The SMILES string of the molecule is CC(N)Cc1ccc2c(Cl)ncn2c1. The Kier molecular flexibility index (Phi) is 2.44. The molecule has 2 N–H and O–H groups in total. The summed E-state index contributed by atoms with van der Waals surface area (Å²) in [5.74, 6) is 0. The molecule has 2 rings (SSSR count). The van der Waals surface area contributed by atoms with Crippen molar-refractivity contribution in [1.29, 1.82) is 0 Å². The van der Waals surface area contributed by atoms with Gasteiger partial charge in [-0.15, -0.1) is 0 Å². The number of nitrogens with two attached hydrogens (primary N) is 1. The fourth-order valence-electron chi connectivity index (χ4n) is 1.51. The van der Waals surface area contributed by atoms with E-state index < -0.39 is 0 Å². The minimum absolute atomic E-state index is 0.173. The summed E-state index contributed by atoms with van der Waals surface area (Å²) in [4.78, 5) is 4.01. The molecule has 0 aliphatic carbocycles. The van der Waals surface area contributed by atoms with E-state index in [2.05, 4.69) is 4.98 Å². The average Bonchev–Trinajstić information content (AvgIpc) is 2.46. The van der Waals surface area contributed by atoms with E-state index in [-0.39, 0.29) is 6.04 Å². The maximum Gasteiger partial charge on any atom is 0.154 e. The highest BCUT2D eigenvalue weighted by Gasteiger charge is 2.03. The van der Waals surface area contributed by atoms with Crippen LogP contribution < -0.4 is 5.73 Å². The molecule has 0 saturated heterocycles. The summed E-state index contributed by atoms with van der Waals surface area (Å²) in [6, 6.07) is 4.17. The van der Waals surface area contributed by atoms with Gasteiger partial charge in [-0.25, -0.2) is 4.98 Å². The van der Waals surface area contributed by atoms with E-state index in [0.717, 1.165) is 11.9 Å². The summed E-state index contributed by atoms with van der Waals surface area (Å²) >= 11 is 5.87. The number of hydrogen-bond acceptors (Lipinski definition) is 2. The van der Waals surface area contributed by atoms with Gasteiger partial charge < -0.3 is 10.1 Å². The number of imidazole rings is 1. The fourth-order valence-corrected chi connectivity index (χ4v) is 1.71. The standard InChI is InChI=1S/C10H12ClN3/c1-7(12)4-8-2-3-9-10(11)13-6-14(9)5-8/h2-3,5-7H,4,12H2,1H3. The molecule has 0 radical (unpaired) electrons. The van der Waals surface area contributed by atoms with Gasteiger partial charge in [0.25, 0.3) is 0 Å². The Balaban J connectivity index is 2.42. The Morgan fingerprint density at radius 3 is 3.07 bits per heavy atom. The third-order valence-corrected chi connectivity index (χ3v) is 2.39. The van der Waals surface area contributed by atoms with Crippen LogP contribution in [0.2, 0.25) is 5.15 Å². The van der Waals surface area contributed by atoms with E-state index in [4.69, 9.17) is 17.3 Å². The quantitative estimate of drug-likeness (QED) is 0.821. The summed E-state index contributed by atoms with van der Waals surface area (Å²) in [6.45, 7) is 1.99. The zero-order valence-electron chi connectivity index (χ0n) is 7.94. The van der Waals surface area contributed by atoms with Gasteiger partial charge in [-0.1, -0.05) is 17.7 Å². The number of halogens is 1. The van der Waals surface area contributed by atoms with Crippen LogP contribution in [0.5, 0.6) is 0 Å². The lowest BCUT2D eigenvalue weighted by Crippen LogP contribution is -2.17. The molecule has 0 aliphatic rings. The molecule has 0 aliphatic heterocycles. The van der Waals surface area contributed by atoms with E-state index in [1.165, 1.54) is 5.56 Å². The highest BCUT2D eigenvalue weighted by Crippen LogP contribution is 2.16. The van der Waals surface area contributed by atoms with Crippen LogP contribution in [0.4, 0.5) is 0 Å². The summed E-state index contributed by atoms with van der Waals surface area (Å²) in [7, 11) is 0. The number of rotatable bonds is 2. The van der Waals surface area contributed by atoms with Crippen molar-refractivity contribution in [2.45, 2.75) is 19.4 Å². The molecule has 0 amide bonds. The number of hydrogen-bond donors (Lipinski definition) is 1. The van der Waals surface area contributed by atoms with Gasteiger partial charge in [0.2, 0.25) is 0 Å². The van der Waals surface area contributed by atoms with E-state index in [0.29, 0.717) is 5.15 Å². The zero-order chi connectivity index (χ0) is 10.1. The fraction of sp³-hybridized carbons (Fsp3) is 0.300. The minimum atomic E-state index is 0.173. The molecular weight excluding hydrogens is 198 g/mol. The van der Waals surface area contributed by atoms with E-state index in [1.807, 2.05) is 29.7 Å². The lowest BCUT2D eigenvalue weighted by molar-refractivity contribution is 0.734. The molecule has 0 saturated carbocycles. The van der Waals surface area contributed by atoms with Crippen LogP contribution in [0.1, 0.15) is 12.5 Å². The van der Waals surface area contributed by atoms with Crippen LogP contribution in [-0.4, -0.2) is 15.4 Å². The number of pyridine rings is 1. The van der Waals surface area contributed by atoms with Crippen molar-refractivity contribution in [2.75, 3.05) is 0 Å². The van der Waals surface area contributed by atoms with Crippen LogP contribution in [0.15, 0.2) is 24.7 Å². The number of aromatic nitrogens is 2. The lowest BCUT2D eigenvalue weighted by Gasteiger charge is -2.05. The molecule has 2 aromatic rings. The van der Waals surface area contributed by atoms with Crippen LogP contribution in [-0.2, 0) is 6.42 Å². The highest BCUT2D eigenvalue weighted by atomic mass is 35.5. The maximum atomic E-state index is 5.87. The topological polar surface area (TPSA) is 43.3 Å². The first-order valence-electron chi connectivity index (χ1n) is 4.53. The summed E-state index contributed by atoms with van der Waals surface area (Å²) < 4.78 is 1.92. The normalized spacial score (nSPS) is 13.4. The number of nitrogens with zero attached hydrogens (tertiary/aromatic N) is 2. The average molecular weight is 210 g/mol. The van der Waals surface area contributed by atoms with Crippen LogP contribution in [0, 0.1) is 0 Å². The third kappa shape index (κ3) is 1.74. The van der Waals surface area contributed by atoms with Gasteiger partial charge >= 0.3 is 0 Å². The molecular formula is C10H12ClN3. The van der Waals surface area contributed by atoms with Crippen molar-refractivity contribution >= 4 is 17.1 Å². The van der Waals surface area contributed by atoms with Crippen molar-refractivity contribution < 1.29 is 0 Å². The van der Waals surface area contributed by atoms with Gasteiger partial charge in [0, 0.05) is 12.2 Å². The molecule has 0 fully saturated rings. The molecule has 0 aromatic carbocycles. The third-order valence-electron chi connectivity index (χ3n) is 2.10. The second kappa shape index (κ2) is 3.59. The van der Waals surface area contributed by atoms with Gasteiger partial charge in [0.05, 0.1) is 5.52 Å². The Bertz CT molecular complexity index is 448. The number of fused-ring (bicyclic) bond motifs is 1. The second-order valence-corrected chi connectivity index (χ2v) is 3.90. The highest BCUT2D eigenvalue weighted by molar-refractivity contribution is 6.32. The van der Waals surface area contributed by atoms with E-state index in [1.54, 1.807) is 6.33 Å². The molecule has 1 unspecified atom stereocenters. The van der Waals surface area contributed by atoms with Crippen molar-refractivity contribution in [3.05, 3.63) is 35.4 Å². The first-order chi connectivity index (χ1) is 6.66. The van der Waals surface area contributed by atoms with Crippen LogP contribution >= 0.6 is 11.6 Å².